The summed E-state index contributed by atoms with van der Waals surface area (Å²) >= 11 is 6.27. The molecule has 2 N–H and O–H groups in total. The van der Waals surface area contributed by atoms with Crippen molar-refractivity contribution in [2.45, 2.75) is 52.0 Å². The Bertz CT molecular complexity index is 418. The van der Waals surface area contributed by atoms with E-state index in [0.29, 0.717) is 16.5 Å². The van der Waals surface area contributed by atoms with Crippen LogP contribution in [0.25, 0.3) is 0 Å². The fourth-order valence-corrected chi connectivity index (χ4v) is 3.49. The fraction of sp³-hybridized carbons (Fsp3) is 0.750. The molecule has 0 bridgehead atoms. The Labute approximate surface area is 116 Å². The number of hydrogen-bond donors (Lipinski definition) is 1. The number of aromatic nitrogens is 2. The molecule has 0 fully saturated rings. The van der Waals surface area contributed by atoms with Gasteiger partial charge in [0.25, 0.3) is 0 Å². The van der Waals surface area contributed by atoms with Gasteiger partial charge in [-0.1, -0.05) is 18.5 Å². The van der Waals surface area contributed by atoms with E-state index in [1.54, 1.807) is 0 Å². The number of hydrogen-bond acceptors (Lipinski definition) is 3. The molecule has 1 rings (SSSR count). The van der Waals surface area contributed by atoms with Crippen LogP contribution in [0, 0.1) is 0 Å². The van der Waals surface area contributed by atoms with Crippen molar-refractivity contribution in [3.8, 4) is 0 Å². The Morgan fingerprint density at radius 1 is 1.50 bits per heavy atom. The second-order valence-corrected chi connectivity index (χ2v) is 6.39. The van der Waals surface area contributed by atoms with Gasteiger partial charge in [0.05, 0.1) is 22.2 Å². The number of nitrogens with two attached hydrogens (primary N) is 1. The summed E-state index contributed by atoms with van der Waals surface area (Å²) in [6, 6.07) is 0.0895. The highest BCUT2D eigenvalue weighted by molar-refractivity contribution is 7.84. The monoisotopic (exact) mass is 291 g/mol. The molecule has 104 valence electrons. The normalized spacial score (nSPS) is 14.7. The van der Waals surface area contributed by atoms with Crippen LogP contribution in [0.5, 0.6) is 0 Å². The summed E-state index contributed by atoms with van der Waals surface area (Å²) in [5.41, 5.74) is 7.44. The van der Waals surface area contributed by atoms with Crippen LogP contribution in [-0.4, -0.2) is 25.8 Å². The van der Waals surface area contributed by atoms with E-state index in [9.17, 15) is 4.21 Å². The highest BCUT2D eigenvalue weighted by atomic mass is 35.5. The molecule has 0 saturated heterocycles. The molecule has 1 aromatic heterocycles. The van der Waals surface area contributed by atoms with Gasteiger partial charge in [0.1, 0.15) is 0 Å². The van der Waals surface area contributed by atoms with Crippen LogP contribution in [-0.2, 0) is 29.5 Å². The van der Waals surface area contributed by atoms with Crippen LogP contribution in [0.2, 0.25) is 5.02 Å². The minimum absolute atomic E-state index is 0.0895. The van der Waals surface area contributed by atoms with E-state index in [4.69, 9.17) is 17.3 Å². The topological polar surface area (TPSA) is 60.9 Å². The maximum atomic E-state index is 12.0. The summed E-state index contributed by atoms with van der Waals surface area (Å²) in [4.78, 5) is 0. The third kappa shape index (κ3) is 4.07. The minimum Gasteiger partial charge on any atom is -0.328 e. The number of nitrogens with zero attached hydrogens (tertiary/aromatic N) is 2. The predicted octanol–water partition coefficient (Wildman–Crippen LogP) is 2.10. The van der Waals surface area contributed by atoms with Crippen LogP contribution in [0.3, 0.4) is 0 Å². The molecule has 2 atom stereocenters. The molecule has 0 radical (unpaired) electrons. The SMILES string of the molecule is CCc1nn(CC)c(CS(=O)CCC(C)N)c1Cl. The molecule has 0 aliphatic rings. The number of halogens is 1. The van der Waals surface area contributed by atoms with Crippen LogP contribution in [0.1, 0.15) is 38.6 Å². The molecule has 0 aliphatic carbocycles. The van der Waals surface area contributed by atoms with Gasteiger partial charge in [0.15, 0.2) is 0 Å². The zero-order valence-corrected chi connectivity index (χ0v) is 12.9. The third-order valence-electron chi connectivity index (χ3n) is 2.79. The first kappa shape index (κ1) is 15.7. The number of rotatable bonds is 7. The van der Waals surface area contributed by atoms with Gasteiger partial charge in [0.2, 0.25) is 0 Å². The van der Waals surface area contributed by atoms with Crippen molar-refractivity contribution in [2.24, 2.45) is 5.73 Å². The standard InChI is InChI=1S/C12H22ClN3OS/c1-4-10-12(13)11(16(5-2)15-10)8-18(17)7-6-9(3)14/h9H,4-8,14H2,1-3H3. The van der Waals surface area contributed by atoms with Crippen molar-refractivity contribution in [1.82, 2.24) is 9.78 Å². The second-order valence-electron chi connectivity index (χ2n) is 4.43. The van der Waals surface area contributed by atoms with Gasteiger partial charge in [-0.3, -0.25) is 8.89 Å². The first-order valence-electron chi connectivity index (χ1n) is 6.34. The van der Waals surface area contributed by atoms with Crippen LogP contribution in [0.15, 0.2) is 0 Å². The van der Waals surface area contributed by atoms with Crippen LogP contribution >= 0.6 is 11.6 Å². The Kier molecular flexibility index (Phi) is 6.32. The van der Waals surface area contributed by atoms with E-state index in [1.807, 2.05) is 25.5 Å². The average molecular weight is 292 g/mol. The average Bonchev–Trinajstić information content (AvgIpc) is 2.63. The summed E-state index contributed by atoms with van der Waals surface area (Å²) in [6.07, 6.45) is 1.57. The lowest BCUT2D eigenvalue weighted by molar-refractivity contribution is 0.622. The lowest BCUT2D eigenvalue weighted by atomic mass is 10.3. The smallest absolute Gasteiger partial charge is 0.0859 e. The van der Waals surface area contributed by atoms with E-state index >= 15 is 0 Å². The molecule has 6 heteroatoms. The van der Waals surface area contributed by atoms with Crippen molar-refractivity contribution in [1.29, 1.82) is 0 Å². The van der Waals surface area contributed by atoms with E-state index in [-0.39, 0.29) is 6.04 Å². The summed E-state index contributed by atoms with van der Waals surface area (Å²) in [7, 11) is -0.928. The molecule has 0 saturated carbocycles. The highest BCUT2D eigenvalue weighted by Crippen LogP contribution is 2.23. The van der Waals surface area contributed by atoms with Crippen molar-refractivity contribution in [3.63, 3.8) is 0 Å². The third-order valence-corrected chi connectivity index (χ3v) is 4.52. The second kappa shape index (κ2) is 7.26. The maximum absolute atomic E-state index is 12.0. The Balaban J connectivity index is 2.77. The minimum atomic E-state index is -0.928. The summed E-state index contributed by atoms with van der Waals surface area (Å²) in [5, 5.41) is 5.10. The zero-order valence-electron chi connectivity index (χ0n) is 11.3. The first-order chi connectivity index (χ1) is 8.49. The van der Waals surface area contributed by atoms with Crippen LogP contribution in [0.4, 0.5) is 0 Å². The summed E-state index contributed by atoms with van der Waals surface area (Å²) < 4.78 is 13.8. The van der Waals surface area contributed by atoms with Crippen molar-refractivity contribution in [3.05, 3.63) is 16.4 Å². The van der Waals surface area contributed by atoms with Gasteiger partial charge in [-0.05, 0) is 26.7 Å². The van der Waals surface area contributed by atoms with Gasteiger partial charge in [-0.2, -0.15) is 5.10 Å². The molecule has 18 heavy (non-hydrogen) atoms. The van der Waals surface area contributed by atoms with Crippen LogP contribution < -0.4 is 5.73 Å². The summed E-state index contributed by atoms with van der Waals surface area (Å²) in [6.45, 7) is 6.71. The molecular formula is C12H22ClN3OS. The molecule has 1 heterocycles. The van der Waals surface area contributed by atoms with E-state index < -0.39 is 10.8 Å². The Hall–Kier alpha value is -0.390. The molecule has 0 aromatic carbocycles. The molecule has 4 nitrogen and oxygen atoms in total. The predicted molar refractivity (Wildman–Crippen MR) is 77.3 cm³/mol. The van der Waals surface area contributed by atoms with E-state index in [0.717, 1.165) is 30.8 Å². The summed E-state index contributed by atoms with van der Waals surface area (Å²) in [5.74, 6) is 1.08. The van der Waals surface area contributed by atoms with Gasteiger partial charge in [0, 0.05) is 29.1 Å². The highest BCUT2D eigenvalue weighted by Gasteiger charge is 2.16. The van der Waals surface area contributed by atoms with Gasteiger partial charge in [-0.25, -0.2) is 0 Å². The molecule has 0 aliphatic heterocycles. The zero-order chi connectivity index (χ0) is 13.7. The molecular weight excluding hydrogens is 270 g/mol. The quantitative estimate of drug-likeness (QED) is 0.837. The molecule has 2 unspecified atom stereocenters. The molecule has 0 spiro atoms. The first-order valence-corrected chi connectivity index (χ1v) is 8.20. The lowest BCUT2D eigenvalue weighted by Crippen LogP contribution is -2.18. The Morgan fingerprint density at radius 2 is 2.17 bits per heavy atom. The van der Waals surface area contributed by atoms with E-state index in [1.165, 1.54) is 0 Å². The largest absolute Gasteiger partial charge is 0.328 e. The van der Waals surface area contributed by atoms with E-state index in [2.05, 4.69) is 5.10 Å². The molecule has 0 amide bonds. The Morgan fingerprint density at radius 3 is 2.67 bits per heavy atom. The maximum Gasteiger partial charge on any atom is 0.0859 e. The van der Waals surface area contributed by atoms with Crippen molar-refractivity contribution in [2.75, 3.05) is 5.75 Å². The lowest BCUT2D eigenvalue weighted by Gasteiger charge is -2.07. The fourth-order valence-electron chi connectivity index (χ4n) is 1.70. The molecule has 1 aromatic rings. The van der Waals surface area contributed by atoms with Gasteiger partial charge in [-0.15, -0.1) is 0 Å². The van der Waals surface area contributed by atoms with Gasteiger partial charge < -0.3 is 5.73 Å². The van der Waals surface area contributed by atoms with Crippen molar-refractivity contribution >= 4 is 22.4 Å². The van der Waals surface area contributed by atoms with Gasteiger partial charge >= 0.3 is 0 Å². The number of aryl methyl sites for hydroxylation is 2. The van der Waals surface area contributed by atoms with Crippen molar-refractivity contribution < 1.29 is 4.21 Å².